The highest BCUT2D eigenvalue weighted by molar-refractivity contribution is 5.74. The summed E-state index contributed by atoms with van der Waals surface area (Å²) in [5.41, 5.74) is 2.72. The number of urea groups is 1. The summed E-state index contributed by atoms with van der Waals surface area (Å²) in [7, 11) is 0. The van der Waals surface area contributed by atoms with E-state index in [1.165, 1.54) is 5.69 Å². The molecule has 0 spiro atoms. The first-order chi connectivity index (χ1) is 13.6. The molecular weight excluding hydrogens is 358 g/mol. The van der Waals surface area contributed by atoms with E-state index in [0.717, 1.165) is 18.7 Å². The standard InChI is InChI=1S/C19H23N7O2/c1-15-14-20-4-2-16(15)23-8-10-25(11-9-23)19(28)21-6-7-24-12-13-26-17(18(24)27)3-5-22-26/h2-5,12-14H,6-11H2,1H3,(H,21,28). The van der Waals surface area contributed by atoms with Crippen LogP contribution >= 0.6 is 0 Å². The zero-order valence-corrected chi connectivity index (χ0v) is 15.8. The zero-order valence-electron chi connectivity index (χ0n) is 15.8. The number of amides is 2. The summed E-state index contributed by atoms with van der Waals surface area (Å²) in [5.74, 6) is 0. The van der Waals surface area contributed by atoms with Gasteiger partial charge in [0, 0.05) is 69.7 Å². The molecule has 0 atom stereocenters. The summed E-state index contributed by atoms with van der Waals surface area (Å²) in [6.07, 6.45) is 8.67. The Bertz CT molecular complexity index is 1030. The third-order valence-electron chi connectivity index (χ3n) is 5.07. The SMILES string of the molecule is Cc1cnccc1N1CCN(C(=O)NCCn2ccn3nccc3c2=O)CC1. The van der Waals surface area contributed by atoms with Crippen LogP contribution in [0, 0.1) is 6.92 Å². The molecule has 28 heavy (non-hydrogen) atoms. The molecule has 0 saturated carbocycles. The molecule has 1 saturated heterocycles. The lowest BCUT2D eigenvalue weighted by atomic mass is 10.2. The highest BCUT2D eigenvalue weighted by Crippen LogP contribution is 2.19. The van der Waals surface area contributed by atoms with Gasteiger partial charge in [0.1, 0.15) is 5.52 Å². The third kappa shape index (κ3) is 3.55. The van der Waals surface area contributed by atoms with Gasteiger partial charge in [0.05, 0.1) is 6.20 Å². The minimum atomic E-state index is -0.115. The first-order valence-corrected chi connectivity index (χ1v) is 9.34. The molecule has 0 radical (unpaired) electrons. The van der Waals surface area contributed by atoms with Gasteiger partial charge in [-0.15, -0.1) is 0 Å². The van der Waals surface area contributed by atoms with Crippen LogP contribution in [0.4, 0.5) is 10.5 Å². The number of hydrogen-bond acceptors (Lipinski definition) is 5. The molecule has 1 N–H and O–H groups in total. The van der Waals surface area contributed by atoms with Crippen LogP contribution in [0.15, 0.2) is 47.9 Å². The molecule has 0 aromatic carbocycles. The maximum absolute atomic E-state index is 12.4. The molecule has 4 rings (SSSR count). The number of aromatic nitrogens is 4. The van der Waals surface area contributed by atoms with Gasteiger partial charge in [-0.2, -0.15) is 5.10 Å². The van der Waals surface area contributed by atoms with Gasteiger partial charge in [0.25, 0.3) is 5.56 Å². The monoisotopic (exact) mass is 381 g/mol. The molecule has 0 bridgehead atoms. The van der Waals surface area contributed by atoms with Crippen molar-refractivity contribution in [3.05, 3.63) is 59.0 Å². The van der Waals surface area contributed by atoms with Gasteiger partial charge in [-0.25, -0.2) is 9.31 Å². The molecule has 2 amide bonds. The lowest BCUT2D eigenvalue weighted by molar-refractivity contribution is 0.194. The second-order valence-corrected chi connectivity index (χ2v) is 6.83. The summed E-state index contributed by atoms with van der Waals surface area (Å²) in [5, 5.41) is 6.96. The van der Waals surface area contributed by atoms with Gasteiger partial charge in [-0.1, -0.05) is 0 Å². The van der Waals surface area contributed by atoms with Gasteiger partial charge in [-0.05, 0) is 24.6 Å². The Morgan fingerprint density at radius 3 is 2.75 bits per heavy atom. The predicted octanol–water partition coefficient (Wildman–Crippen LogP) is 0.731. The van der Waals surface area contributed by atoms with Crippen molar-refractivity contribution in [1.29, 1.82) is 0 Å². The molecule has 3 aromatic rings. The van der Waals surface area contributed by atoms with Crippen molar-refractivity contribution in [2.45, 2.75) is 13.5 Å². The van der Waals surface area contributed by atoms with Crippen molar-refractivity contribution < 1.29 is 4.79 Å². The van der Waals surface area contributed by atoms with E-state index in [1.807, 2.05) is 24.1 Å². The molecule has 3 aromatic heterocycles. The quantitative estimate of drug-likeness (QED) is 0.720. The summed E-state index contributed by atoms with van der Waals surface area (Å²) in [6, 6.07) is 3.60. The first kappa shape index (κ1) is 18.0. The fourth-order valence-electron chi connectivity index (χ4n) is 3.50. The number of hydrogen-bond donors (Lipinski definition) is 1. The minimum Gasteiger partial charge on any atom is -0.368 e. The maximum atomic E-state index is 12.4. The largest absolute Gasteiger partial charge is 0.368 e. The van der Waals surface area contributed by atoms with Crippen LogP contribution in [-0.4, -0.2) is 62.8 Å². The van der Waals surface area contributed by atoms with Crippen LogP contribution in [0.1, 0.15) is 5.56 Å². The Kier molecular flexibility index (Phi) is 4.96. The number of piperazine rings is 1. The van der Waals surface area contributed by atoms with Crippen LogP contribution in [0.25, 0.3) is 5.52 Å². The van der Waals surface area contributed by atoms with Crippen LogP contribution in [0.3, 0.4) is 0 Å². The first-order valence-electron chi connectivity index (χ1n) is 9.34. The number of nitrogens with zero attached hydrogens (tertiary/aromatic N) is 6. The number of pyridine rings is 1. The van der Waals surface area contributed by atoms with Crippen molar-refractivity contribution in [2.24, 2.45) is 0 Å². The number of anilines is 1. The molecule has 4 heterocycles. The van der Waals surface area contributed by atoms with E-state index in [0.29, 0.717) is 31.7 Å². The Morgan fingerprint density at radius 2 is 1.96 bits per heavy atom. The molecule has 1 aliphatic heterocycles. The molecule has 146 valence electrons. The van der Waals surface area contributed by atoms with Gasteiger partial charge in [-0.3, -0.25) is 9.78 Å². The molecular formula is C19H23N7O2. The molecule has 0 aliphatic carbocycles. The van der Waals surface area contributed by atoms with Crippen LogP contribution < -0.4 is 15.8 Å². The van der Waals surface area contributed by atoms with Crippen LogP contribution in [-0.2, 0) is 6.54 Å². The van der Waals surface area contributed by atoms with Crippen molar-refractivity contribution in [3.63, 3.8) is 0 Å². The van der Waals surface area contributed by atoms with Gasteiger partial charge in [0.15, 0.2) is 0 Å². The van der Waals surface area contributed by atoms with E-state index in [1.54, 1.807) is 39.9 Å². The Morgan fingerprint density at radius 1 is 1.14 bits per heavy atom. The number of nitrogens with one attached hydrogen (secondary N) is 1. The van der Waals surface area contributed by atoms with E-state index in [4.69, 9.17) is 0 Å². The van der Waals surface area contributed by atoms with E-state index < -0.39 is 0 Å². The van der Waals surface area contributed by atoms with E-state index in [2.05, 4.69) is 20.3 Å². The van der Waals surface area contributed by atoms with Crippen LogP contribution in [0.5, 0.6) is 0 Å². The van der Waals surface area contributed by atoms with Crippen LogP contribution in [0.2, 0.25) is 0 Å². The van der Waals surface area contributed by atoms with Gasteiger partial charge in [0.2, 0.25) is 0 Å². The third-order valence-corrected chi connectivity index (χ3v) is 5.07. The highest BCUT2D eigenvalue weighted by atomic mass is 16.2. The van der Waals surface area contributed by atoms with Gasteiger partial charge < -0.3 is 19.7 Å². The normalized spacial score (nSPS) is 14.5. The average Bonchev–Trinajstić information content (AvgIpc) is 3.20. The van der Waals surface area contributed by atoms with Gasteiger partial charge >= 0.3 is 6.03 Å². The Hall–Kier alpha value is -3.36. The molecule has 1 aliphatic rings. The minimum absolute atomic E-state index is 0.0930. The number of fused-ring (bicyclic) bond motifs is 1. The fraction of sp³-hybridized carbons (Fsp3) is 0.368. The van der Waals surface area contributed by atoms with E-state index in [9.17, 15) is 9.59 Å². The Labute approximate surface area is 162 Å². The predicted molar refractivity (Wildman–Crippen MR) is 106 cm³/mol. The van der Waals surface area contributed by atoms with Crippen molar-refractivity contribution in [3.8, 4) is 0 Å². The zero-order chi connectivity index (χ0) is 19.5. The lowest BCUT2D eigenvalue weighted by Crippen LogP contribution is -2.52. The number of aryl methyl sites for hydroxylation is 1. The summed E-state index contributed by atoms with van der Waals surface area (Å²) < 4.78 is 3.13. The second kappa shape index (κ2) is 7.71. The molecule has 1 fully saturated rings. The average molecular weight is 381 g/mol. The smallest absolute Gasteiger partial charge is 0.317 e. The summed E-state index contributed by atoms with van der Waals surface area (Å²) in [6.45, 7) is 5.76. The van der Waals surface area contributed by atoms with E-state index >= 15 is 0 Å². The Balaban J connectivity index is 1.28. The molecule has 9 heteroatoms. The van der Waals surface area contributed by atoms with Crippen molar-refractivity contribution in [1.82, 2.24) is 29.4 Å². The maximum Gasteiger partial charge on any atom is 0.317 e. The topological polar surface area (TPSA) is 87.8 Å². The van der Waals surface area contributed by atoms with E-state index in [-0.39, 0.29) is 11.6 Å². The summed E-state index contributed by atoms with van der Waals surface area (Å²) >= 11 is 0. The number of carbonyl (C=O) groups is 1. The number of rotatable bonds is 4. The number of carbonyl (C=O) groups excluding carboxylic acids is 1. The molecule has 9 nitrogen and oxygen atoms in total. The second-order valence-electron chi connectivity index (χ2n) is 6.83. The van der Waals surface area contributed by atoms with Crippen molar-refractivity contribution in [2.75, 3.05) is 37.6 Å². The summed E-state index contributed by atoms with van der Waals surface area (Å²) in [4.78, 5) is 33.0. The molecule has 0 unspecified atom stereocenters. The lowest BCUT2D eigenvalue weighted by Gasteiger charge is -2.36. The van der Waals surface area contributed by atoms with Crippen molar-refractivity contribution >= 4 is 17.2 Å². The highest BCUT2D eigenvalue weighted by Gasteiger charge is 2.21. The fourth-order valence-corrected chi connectivity index (χ4v) is 3.50.